The van der Waals surface area contributed by atoms with Crippen molar-refractivity contribution in [1.29, 1.82) is 0 Å². The van der Waals surface area contributed by atoms with Gasteiger partial charge in [0.1, 0.15) is 0 Å². The van der Waals surface area contributed by atoms with E-state index >= 15 is 0 Å². The zero-order valence-corrected chi connectivity index (χ0v) is 12.4. The van der Waals surface area contributed by atoms with Gasteiger partial charge in [0.05, 0.1) is 23.4 Å². The second-order valence-corrected chi connectivity index (χ2v) is 6.94. The van der Waals surface area contributed by atoms with E-state index in [1.54, 1.807) is 0 Å². The normalized spacial score (nSPS) is 40.0. The molecular formula is C14H28N2O2. The Kier molecular flexibility index (Phi) is 3.76. The van der Waals surface area contributed by atoms with Gasteiger partial charge in [-0.25, -0.2) is 0 Å². The number of hydrogen-bond acceptors (Lipinski definition) is 4. The molecule has 0 spiro atoms. The smallest absolute Gasteiger partial charge is 0.0828 e. The summed E-state index contributed by atoms with van der Waals surface area (Å²) in [6.07, 6.45) is 1.49. The Morgan fingerprint density at radius 2 is 1.89 bits per heavy atom. The van der Waals surface area contributed by atoms with Crippen LogP contribution in [-0.4, -0.2) is 54.0 Å². The topological polar surface area (TPSA) is 47.7 Å². The van der Waals surface area contributed by atoms with E-state index in [4.69, 9.17) is 15.2 Å². The van der Waals surface area contributed by atoms with Crippen LogP contribution >= 0.6 is 0 Å². The van der Waals surface area contributed by atoms with Crippen LogP contribution in [-0.2, 0) is 9.47 Å². The standard InChI is InChI=1S/C14H28N2O2/c1-10-8-16(9-11(7-15)17-10)12-6-13(2,3)18-14(12,4)5/h10-12H,6-9,15H2,1-5H3. The summed E-state index contributed by atoms with van der Waals surface area (Å²) >= 11 is 0. The second-order valence-electron chi connectivity index (χ2n) is 6.94. The van der Waals surface area contributed by atoms with Crippen molar-refractivity contribution in [1.82, 2.24) is 4.90 Å². The Bertz CT molecular complexity index is 304. The van der Waals surface area contributed by atoms with E-state index in [1.807, 2.05) is 0 Å². The first-order valence-electron chi connectivity index (χ1n) is 7.03. The predicted octanol–water partition coefficient (Wildman–Crippen LogP) is 1.38. The first-order chi connectivity index (χ1) is 8.23. The van der Waals surface area contributed by atoms with Crippen LogP contribution in [0.2, 0.25) is 0 Å². The maximum atomic E-state index is 6.19. The van der Waals surface area contributed by atoms with Gasteiger partial charge in [-0.3, -0.25) is 4.90 Å². The van der Waals surface area contributed by atoms with Crippen LogP contribution in [0, 0.1) is 0 Å². The molecule has 2 aliphatic rings. The van der Waals surface area contributed by atoms with E-state index in [9.17, 15) is 0 Å². The Morgan fingerprint density at radius 1 is 1.22 bits per heavy atom. The SMILES string of the molecule is CC1CN(C2CC(C)(C)OC2(C)C)CC(CN)O1. The molecule has 18 heavy (non-hydrogen) atoms. The van der Waals surface area contributed by atoms with Crippen molar-refractivity contribution in [3.05, 3.63) is 0 Å². The second kappa shape index (κ2) is 4.75. The molecule has 2 N–H and O–H groups in total. The summed E-state index contributed by atoms with van der Waals surface area (Å²) in [7, 11) is 0. The summed E-state index contributed by atoms with van der Waals surface area (Å²) in [5.41, 5.74) is 5.63. The molecule has 2 aliphatic heterocycles. The quantitative estimate of drug-likeness (QED) is 0.811. The number of morpholine rings is 1. The molecule has 2 saturated heterocycles. The minimum absolute atomic E-state index is 0.0338. The largest absolute Gasteiger partial charge is 0.371 e. The highest BCUT2D eigenvalue weighted by molar-refractivity contribution is 5.01. The Labute approximate surface area is 111 Å². The summed E-state index contributed by atoms with van der Waals surface area (Å²) in [5.74, 6) is 0. The molecule has 3 atom stereocenters. The number of nitrogens with zero attached hydrogens (tertiary/aromatic N) is 1. The van der Waals surface area contributed by atoms with Crippen LogP contribution in [0.5, 0.6) is 0 Å². The molecule has 0 bridgehead atoms. The van der Waals surface area contributed by atoms with E-state index in [2.05, 4.69) is 39.5 Å². The van der Waals surface area contributed by atoms with Gasteiger partial charge in [-0.2, -0.15) is 0 Å². The molecule has 3 unspecified atom stereocenters. The van der Waals surface area contributed by atoms with Crippen LogP contribution in [0.4, 0.5) is 0 Å². The lowest BCUT2D eigenvalue weighted by Gasteiger charge is -2.43. The number of nitrogens with two attached hydrogens (primary N) is 1. The number of rotatable bonds is 2. The van der Waals surface area contributed by atoms with Crippen molar-refractivity contribution in [3.63, 3.8) is 0 Å². The highest BCUT2D eigenvalue weighted by Crippen LogP contribution is 2.40. The van der Waals surface area contributed by atoms with Crippen molar-refractivity contribution in [3.8, 4) is 0 Å². The lowest BCUT2D eigenvalue weighted by atomic mass is 9.92. The van der Waals surface area contributed by atoms with Gasteiger partial charge in [0.2, 0.25) is 0 Å². The summed E-state index contributed by atoms with van der Waals surface area (Å²) in [6.45, 7) is 13.4. The first-order valence-corrected chi connectivity index (χ1v) is 7.03. The summed E-state index contributed by atoms with van der Waals surface area (Å²) in [6, 6.07) is 0.452. The third-order valence-electron chi connectivity index (χ3n) is 4.08. The van der Waals surface area contributed by atoms with Crippen LogP contribution in [0.3, 0.4) is 0 Å². The van der Waals surface area contributed by atoms with Gasteiger partial charge >= 0.3 is 0 Å². The van der Waals surface area contributed by atoms with E-state index in [-0.39, 0.29) is 23.4 Å². The monoisotopic (exact) mass is 256 g/mol. The lowest BCUT2D eigenvalue weighted by molar-refractivity contribution is -0.115. The van der Waals surface area contributed by atoms with Gasteiger partial charge in [0, 0.05) is 25.7 Å². The molecule has 0 aromatic rings. The van der Waals surface area contributed by atoms with E-state index in [0.29, 0.717) is 12.6 Å². The molecule has 4 heteroatoms. The Balaban J connectivity index is 2.11. The van der Waals surface area contributed by atoms with Gasteiger partial charge in [0.15, 0.2) is 0 Å². The Hall–Kier alpha value is -0.160. The fourth-order valence-corrected chi connectivity index (χ4v) is 3.57. The molecule has 0 aliphatic carbocycles. The third kappa shape index (κ3) is 2.87. The molecule has 0 amide bonds. The van der Waals surface area contributed by atoms with Crippen molar-refractivity contribution >= 4 is 0 Å². The molecular weight excluding hydrogens is 228 g/mol. The van der Waals surface area contributed by atoms with Crippen molar-refractivity contribution in [2.24, 2.45) is 5.73 Å². The molecule has 0 aromatic heterocycles. The molecule has 2 rings (SSSR count). The van der Waals surface area contributed by atoms with Crippen molar-refractivity contribution in [2.45, 2.75) is 70.5 Å². The van der Waals surface area contributed by atoms with Gasteiger partial charge in [0.25, 0.3) is 0 Å². The third-order valence-corrected chi connectivity index (χ3v) is 4.08. The van der Waals surface area contributed by atoms with Crippen molar-refractivity contribution < 1.29 is 9.47 Å². The molecule has 2 fully saturated rings. The highest BCUT2D eigenvalue weighted by Gasteiger charge is 2.49. The lowest BCUT2D eigenvalue weighted by Crippen LogP contribution is -2.56. The zero-order chi connectivity index (χ0) is 13.6. The van der Waals surface area contributed by atoms with Gasteiger partial charge in [-0.05, 0) is 41.0 Å². The predicted molar refractivity (Wildman–Crippen MR) is 72.6 cm³/mol. The minimum atomic E-state index is -0.0975. The molecule has 0 radical (unpaired) electrons. The van der Waals surface area contributed by atoms with E-state index < -0.39 is 0 Å². The fraction of sp³-hybridized carbons (Fsp3) is 1.00. The highest BCUT2D eigenvalue weighted by atomic mass is 16.5. The van der Waals surface area contributed by atoms with Crippen molar-refractivity contribution in [2.75, 3.05) is 19.6 Å². The van der Waals surface area contributed by atoms with Gasteiger partial charge in [-0.15, -0.1) is 0 Å². The van der Waals surface area contributed by atoms with Gasteiger partial charge < -0.3 is 15.2 Å². The Morgan fingerprint density at radius 3 is 2.39 bits per heavy atom. The molecule has 0 aromatic carbocycles. The minimum Gasteiger partial charge on any atom is -0.371 e. The molecule has 0 saturated carbocycles. The van der Waals surface area contributed by atoms with E-state index in [1.165, 1.54) is 0 Å². The van der Waals surface area contributed by atoms with Crippen LogP contribution < -0.4 is 5.73 Å². The average molecular weight is 256 g/mol. The zero-order valence-electron chi connectivity index (χ0n) is 12.4. The molecule has 2 heterocycles. The maximum absolute atomic E-state index is 6.19. The van der Waals surface area contributed by atoms with E-state index in [0.717, 1.165) is 19.5 Å². The maximum Gasteiger partial charge on any atom is 0.0828 e. The van der Waals surface area contributed by atoms with Gasteiger partial charge in [-0.1, -0.05) is 0 Å². The average Bonchev–Trinajstić information content (AvgIpc) is 2.45. The molecule has 4 nitrogen and oxygen atoms in total. The molecule has 106 valence electrons. The summed E-state index contributed by atoms with van der Waals surface area (Å²) in [4.78, 5) is 2.51. The summed E-state index contributed by atoms with van der Waals surface area (Å²) in [5, 5.41) is 0. The number of hydrogen-bond donors (Lipinski definition) is 1. The first kappa shape index (κ1) is 14.3. The number of ether oxygens (including phenoxy) is 2. The summed E-state index contributed by atoms with van der Waals surface area (Å²) < 4.78 is 12.0. The van der Waals surface area contributed by atoms with Crippen LogP contribution in [0.15, 0.2) is 0 Å². The fourth-order valence-electron chi connectivity index (χ4n) is 3.57. The van der Waals surface area contributed by atoms with Crippen LogP contribution in [0.1, 0.15) is 41.0 Å². The van der Waals surface area contributed by atoms with Crippen LogP contribution in [0.25, 0.3) is 0 Å².